The summed E-state index contributed by atoms with van der Waals surface area (Å²) in [6.07, 6.45) is 4.80. The van der Waals surface area contributed by atoms with Gasteiger partial charge < -0.3 is 16.2 Å². The van der Waals surface area contributed by atoms with Gasteiger partial charge in [-0.3, -0.25) is 14.9 Å². The number of amides is 1. The summed E-state index contributed by atoms with van der Waals surface area (Å²) >= 11 is 0. The molecule has 2 unspecified atom stereocenters. The summed E-state index contributed by atoms with van der Waals surface area (Å²) in [5, 5.41) is 10.7. The zero-order valence-corrected chi connectivity index (χ0v) is 11.5. The monoisotopic (exact) mass is 294 g/mol. The van der Waals surface area contributed by atoms with Gasteiger partial charge in [-0.2, -0.15) is 0 Å². The average Bonchev–Trinajstić information content (AvgIpc) is 2.47. The quantitative estimate of drug-likeness (QED) is 0.614. The van der Waals surface area contributed by atoms with Crippen molar-refractivity contribution in [2.75, 3.05) is 6.54 Å². The molecule has 0 radical (unpaired) electrons. The lowest BCUT2D eigenvalue weighted by molar-refractivity contribution is -0.385. The molecule has 0 aromatic carbocycles. The van der Waals surface area contributed by atoms with Gasteiger partial charge in [0.05, 0.1) is 4.92 Å². The summed E-state index contributed by atoms with van der Waals surface area (Å²) in [4.78, 5) is 25.4. The topological polar surface area (TPSA) is 134 Å². The Labute approximate surface area is 121 Å². The van der Waals surface area contributed by atoms with Gasteiger partial charge >= 0.3 is 0 Å². The highest BCUT2D eigenvalue weighted by Crippen LogP contribution is 2.29. The lowest BCUT2D eigenvalue weighted by atomic mass is 9.86. The van der Waals surface area contributed by atoms with Crippen molar-refractivity contribution in [3.05, 3.63) is 27.9 Å². The number of nitrogens with two attached hydrogens (primary N) is 2. The van der Waals surface area contributed by atoms with Crippen LogP contribution in [0.3, 0.4) is 0 Å². The molecule has 1 fully saturated rings. The third-order valence-electron chi connectivity index (χ3n) is 3.72. The van der Waals surface area contributed by atoms with E-state index in [1.54, 1.807) is 0 Å². The van der Waals surface area contributed by atoms with Crippen LogP contribution in [0, 0.1) is 16.0 Å². The van der Waals surface area contributed by atoms with Crippen LogP contribution in [0.2, 0.25) is 0 Å². The van der Waals surface area contributed by atoms with Crippen LogP contribution >= 0.6 is 0 Å². The molecule has 1 aliphatic rings. The van der Waals surface area contributed by atoms with E-state index in [0.29, 0.717) is 6.54 Å². The fourth-order valence-electron chi connectivity index (χ4n) is 2.55. The molecule has 114 valence electrons. The molecule has 2 rings (SSSR count). The highest BCUT2D eigenvalue weighted by Gasteiger charge is 2.28. The standard InChI is InChI=1S/C13H18N4O4/c14-6-8-3-1-2-4-11(8)21-13-10(12(15)18)5-9(7-16-13)17(19)20/h5,7-8,11H,1-4,6,14H2,(H2,15,18). The first-order chi connectivity index (χ1) is 10.0. The molecule has 1 aliphatic carbocycles. The summed E-state index contributed by atoms with van der Waals surface area (Å²) in [7, 11) is 0. The van der Waals surface area contributed by atoms with E-state index >= 15 is 0 Å². The van der Waals surface area contributed by atoms with Crippen molar-refractivity contribution in [3.63, 3.8) is 0 Å². The lowest BCUT2D eigenvalue weighted by Crippen LogP contribution is -2.36. The zero-order valence-electron chi connectivity index (χ0n) is 11.5. The Hall–Kier alpha value is -2.22. The first-order valence-electron chi connectivity index (χ1n) is 6.84. The van der Waals surface area contributed by atoms with Crippen molar-refractivity contribution in [2.45, 2.75) is 31.8 Å². The maximum atomic E-state index is 11.4. The van der Waals surface area contributed by atoms with Crippen LogP contribution in [0.25, 0.3) is 0 Å². The van der Waals surface area contributed by atoms with Crippen molar-refractivity contribution >= 4 is 11.6 Å². The molecule has 1 amide bonds. The van der Waals surface area contributed by atoms with Crippen molar-refractivity contribution in [3.8, 4) is 5.88 Å². The maximum absolute atomic E-state index is 11.4. The van der Waals surface area contributed by atoms with E-state index in [2.05, 4.69) is 4.98 Å². The second kappa shape index (κ2) is 6.49. The summed E-state index contributed by atoms with van der Waals surface area (Å²) in [6, 6.07) is 1.09. The minimum absolute atomic E-state index is 0.0402. The van der Waals surface area contributed by atoms with E-state index in [1.807, 2.05) is 0 Å². The number of primary amides is 1. The van der Waals surface area contributed by atoms with E-state index in [0.717, 1.165) is 37.9 Å². The number of hydrogen-bond acceptors (Lipinski definition) is 6. The number of nitrogens with zero attached hydrogens (tertiary/aromatic N) is 2. The van der Waals surface area contributed by atoms with Crippen LogP contribution in [0.5, 0.6) is 5.88 Å². The number of pyridine rings is 1. The SMILES string of the molecule is NCC1CCCCC1Oc1ncc([N+](=O)[O-])cc1C(N)=O. The third-order valence-corrected chi connectivity index (χ3v) is 3.72. The van der Waals surface area contributed by atoms with Crippen molar-refractivity contribution in [1.82, 2.24) is 4.98 Å². The van der Waals surface area contributed by atoms with Gasteiger partial charge in [0.2, 0.25) is 5.88 Å². The number of nitro groups is 1. The maximum Gasteiger partial charge on any atom is 0.288 e. The Morgan fingerprint density at radius 1 is 1.48 bits per heavy atom. The Morgan fingerprint density at radius 2 is 2.19 bits per heavy atom. The van der Waals surface area contributed by atoms with E-state index in [-0.39, 0.29) is 29.2 Å². The van der Waals surface area contributed by atoms with Gasteiger partial charge in [-0.15, -0.1) is 0 Å². The van der Waals surface area contributed by atoms with Gasteiger partial charge in [-0.05, 0) is 25.8 Å². The van der Waals surface area contributed by atoms with Crippen LogP contribution in [-0.4, -0.2) is 28.5 Å². The molecule has 1 saturated carbocycles. The van der Waals surface area contributed by atoms with E-state index in [4.69, 9.17) is 16.2 Å². The van der Waals surface area contributed by atoms with Crippen molar-refractivity contribution in [2.24, 2.45) is 17.4 Å². The van der Waals surface area contributed by atoms with E-state index in [9.17, 15) is 14.9 Å². The van der Waals surface area contributed by atoms with Gasteiger partial charge in [0.25, 0.3) is 11.6 Å². The molecule has 21 heavy (non-hydrogen) atoms. The summed E-state index contributed by atoms with van der Waals surface area (Å²) < 4.78 is 5.77. The van der Waals surface area contributed by atoms with Gasteiger partial charge in [-0.1, -0.05) is 6.42 Å². The van der Waals surface area contributed by atoms with Crippen LogP contribution in [-0.2, 0) is 0 Å². The van der Waals surface area contributed by atoms with E-state index < -0.39 is 10.8 Å². The van der Waals surface area contributed by atoms with Crippen molar-refractivity contribution < 1.29 is 14.5 Å². The molecular weight excluding hydrogens is 276 g/mol. The summed E-state index contributed by atoms with van der Waals surface area (Å²) in [5.41, 5.74) is 10.6. The minimum Gasteiger partial charge on any atom is -0.473 e. The van der Waals surface area contributed by atoms with E-state index in [1.165, 1.54) is 0 Å². The number of hydrogen-bond donors (Lipinski definition) is 2. The first-order valence-corrected chi connectivity index (χ1v) is 6.84. The molecule has 2 atom stereocenters. The number of rotatable bonds is 5. The van der Waals surface area contributed by atoms with Gasteiger partial charge in [0.15, 0.2) is 0 Å². The van der Waals surface area contributed by atoms with Crippen LogP contribution in [0.4, 0.5) is 5.69 Å². The van der Waals surface area contributed by atoms with Crippen LogP contribution < -0.4 is 16.2 Å². The number of aromatic nitrogens is 1. The average molecular weight is 294 g/mol. The molecule has 0 aliphatic heterocycles. The molecule has 4 N–H and O–H groups in total. The molecule has 1 aromatic rings. The molecule has 1 heterocycles. The van der Waals surface area contributed by atoms with Gasteiger partial charge in [0, 0.05) is 12.0 Å². The number of carbonyl (C=O) groups excluding carboxylic acids is 1. The van der Waals surface area contributed by atoms with Gasteiger partial charge in [0.1, 0.15) is 17.9 Å². The predicted octanol–water partition coefficient (Wildman–Crippen LogP) is 0.985. The Bertz CT molecular complexity index is 549. The first kappa shape index (κ1) is 15.2. The predicted molar refractivity (Wildman–Crippen MR) is 74.8 cm³/mol. The Morgan fingerprint density at radius 3 is 2.81 bits per heavy atom. The molecule has 8 nitrogen and oxygen atoms in total. The fourth-order valence-corrected chi connectivity index (χ4v) is 2.55. The summed E-state index contributed by atoms with van der Waals surface area (Å²) in [5.74, 6) is -0.573. The molecular formula is C13H18N4O4. The molecule has 1 aromatic heterocycles. The minimum atomic E-state index is -0.804. The number of ether oxygens (including phenoxy) is 1. The van der Waals surface area contributed by atoms with Gasteiger partial charge in [-0.25, -0.2) is 4.98 Å². The van der Waals surface area contributed by atoms with Crippen molar-refractivity contribution in [1.29, 1.82) is 0 Å². The second-order valence-corrected chi connectivity index (χ2v) is 5.10. The molecule has 8 heteroatoms. The zero-order chi connectivity index (χ0) is 15.4. The fraction of sp³-hybridized carbons (Fsp3) is 0.538. The van der Waals surface area contributed by atoms with Crippen LogP contribution in [0.1, 0.15) is 36.0 Å². The molecule has 0 spiro atoms. The Kier molecular flexibility index (Phi) is 4.69. The number of carbonyl (C=O) groups is 1. The largest absolute Gasteiger partial charge is 0.473 e. The highest BCUT2D eigenvalue weighted by atomic mass is 16.6. The third kappa shape index (κ3) is 3.46. The normalized spacial score (nSPS) is 21.8. The molecule has 0 saturated heterocycles. The lowest BCUT2D eigenvalue weighted by Gasteiger charge is -2.30. The molecule has 0 bridgehead atoms. The highest BCUT2D eigenvalue weighted by molar-refractivity contribution is 5.95. The summed E-state index contributed by atoms with van der Waals surface area (Å²) in [6.45, 7) is 0.490. The Balaban J connectivity index is 2.26. The smallest absolute Gasteiger partial charge is 0.288 e. The second-order valence-electron chi connectivity index (χ2n) is 5.10. The van der Waals surface area contributed by atoms with Crippen LogP contribution in [0.15, 0.2) is 12.3 Å².